The first kappa shape index (κ1) is 25.6. The average Bonchev–Trinajstić information content (AvgIpc) is 2.76. The number of alkyl halides is 3. The Morgan fingerprint density at radius 3 is 2.24 bits per heavy atom. The fourth-order valence-electron chi connectivity index (χ4n) is 3.50. The molecule has 3 aromatic rings. The normalized spacial score (nSPS) is 12.8. The average molecular weight is 511 g/mol. The maximum Gasteiger partial charge on any atom is 0.416 e. The molecule has 0 unspecified atom stereocenters. The van der Waals surface area contributed by atoms with E-state index < -0.39 is 45.9 Å². The molecule has 0 saturated carbocycles. The highest BCUT2D eigenvalue weighted by atomic mass is 35.5. The summed E-state index contributed by atoms with van der Waals surface area (Å²) in [7, 11) is -4.15. The Morgan fingerprint density at radius 2 is 1.65 bits per heavy atom. The van der Waals surface area contributed by atoms with Crippen LogP contribution in [0.15, 0.2) is 72.8 Å². The van der Waals surface area contributed by atoms with Gasteiger partial charge in [-0.25, -0.2) is 8.42 Å². The highest BCUT2D eigenvalue weighted by Gasteiger charge is 2.33. The van der Waals surface area contributed by atoms with Crippen LogP contribution in [0.1, 0.15) is 28.3 Å². The van der Waals surface area contributed by atoms with E-state index >= 15 is 0 Å². The molecule has 0 spiro atoms. The summed E-state index contributed by atoms with van der Waals surface area (Å²) in [6.45, 7) is 1.12. The van der Waals surface area contributed by atoms with Crippen molar-refractivity contribution in [2.24, 2.45) is 0 Å². The number of hydrogen-bond donors (Lipinski definition) is 1. The van der Waals surface area contributed by atoms with Crippen molar-refractivity contribution in [2.45, 2.75) is 19.1 Å². The van der Waals surface area contributed by atoms with Crippen molar-refractivity contribution in [3.63, 3.8) is 0 Å². The van der Waals surface area contributed by atoms with E-state index in [0.29, 0.717) is 10.4 Å². The Morgan fingerprint density at radius 1 is 1.03 bits per heavy atom. The van der Waals surface area contributed by atoms with Gasteiger partial charge in [0.05, 0.1) is 28.6 Å². The van der Waals surface area contributed by atoms with Crippen LogP contribution >= 0.6 is 11.6 Å². The Bertz CT molecular complexity index is 1280. The van der Waals surface area contributed by atoms with E-state index in [1.54, 1.807) is 12.1 Å². The third kappa shape index (κ3) is 6.09. The van der Waals surface area contributed by atoms with Crippen molar-refractivity contribution in [2.75, 3.05) is 17.1 Å². The molecular weight excluding hydrogens is 489 g/mol. The number of anilines is 1. The first-order valence-electron chi connectivity index (χ1n) is 10.1. The summed E-state index contributed by atoms with van der Waals surface area (Å²) in [5, 5.41) is 2.58. The zero-order chi connectivity index (χ0) is 25.1. The Balaban J connectivity index is 1.97. The summed E-state index contributed by atoms with van der Waals surface area (Å²) < 4.78 is 65.2. The molecule has 1 N–H and O–H groups in total. The summed E-state index contributed by atoms with van der Waals surface area (Å²) in [5.41, 5.74) is 0.945. The number of nitrogens with zero attached hydrogens (tertiary/aromatic N) is 1. The van der Waals surface area contributed by atoms with Crippen molar-refractivity contribution in [1.29, 1.82) is 0 Å². The van der Waals surface area contributed by atoms with Crippen LogP contribution < -0.4 is 9.62 Å². The maximum atomic E-state index is 13.2. The van der Waals surface area contributed by atoms with Crippen LogP contribution in [0.2, 0.25) is 5.02 Å². The molecular formula is C24H22ClF3N2O3S. The zero-order valence-electron chi connectivity index (χ0n) is 18.3. The summed E-state index contributed by atoms with van der Waals surface area (Å²) in [6, 6.07) is 18.2. The molecule has 180 valence electrons. The summed E-state index contributed by atoms with van der Waals surface area (Å²) >= 11 is 6.04. The maximum absolute atomic E-state index is 13.2. The van der Waals surface area contributed by atoms with Gasteiger partial charge in [0.2, 0.25) is 15.9 Å². The Hall–Kier alpha value is -3.04. The minimum absolute atomic E-state index is 0.232. The topological polar surface area (TPSA) is 66.5 Å². The number of benzene rings is 3. The third-order valence-corrected chi connectivity index (χ3v) is 6.61. The highest BCUT2D eigenvalue weighted by Crippen LogP contribution is 2.36. The van der Waals surface area contributed by atoms with Gasteiger partial charge in [-0.3, -0.25) is 9.10 Å². The first-order chi connectivity index (χ1) is 15.9. The summed E-state index contributed by atoms with van der Waals surface area (Å²) in [5.74, 6) is -0.712. The van der Waals surface area contributed by atoms with E-state index in [9.17, 15) is 26.4 Å². The molecule has 1 amide bonds. The number of nitrogens with one attached hydrogen (secondary N) is 1. The number of amides is 1. The van der Waals surface area contributed by atoms with Gasteiger partial charge in [0.25, 0.3) is 0 Å². The predicted molar refractivity (Wildman–Crippen MR) is 126 cm³/mol. The monoisotopic (exact) mass is 510 g/mol. The lowest BCUT2D eigenvalue weighted by molar-refractivity contribution is -0.137. The molecule has 1 atom stereocenters. The molecule has 0 bridgehead atoms. The number of hydrogen-bond acceptors (Lipinski definition) is 3. The zero-order valence-corrected chi connectivity index (χ0v) is 19.9. The largest absolute Gasteiger partial charge is 0.416 e. The molecule has 3 aromatic carbocycles. The molecule has 0 aliphatic rings. The van der Waals surface area contributed by atoms with E-state index in [-0.39, 0.29) is 5.02 Å². The van der Waals surface area contributed by atoms with Gasteiger partial charge < -0.3 is 5.32 Å². The Labute approximate surface area is 201 Å². The van der Waals surface area contributed by atoms with Gasteiger partial charge in [0.1, 0.15) is 6.54 Å². The summed E-state index contributed by atoms with van der Waals surface area (Å²) in [4.78, 5) is 13.1. The number of aryl methyl sites for hydroxylation is 1. The van der Waals surface area contributed by atoms with Gasteiger partial charge in [-0.2, -0.15) is 13.2 Å². The summed E-state index contributed by atoms with van der Waals surface area (Å²) in [6.07, 6.45) is -3.92. The molecule has 10 heteroatoms. The number of carbonyl (C=O) groups excluding carboxylic acids is 1. The molecule has 0 aliphatic heterocycles. The molecule has 0 saturated heterocycles. The third-order valence-electron chi connectivity index (χ3n) is 5.17. The number of sulfonamides is 1. The fraction of sp³-hybridized carbons (Fsp3) is 0.208. The van der Waals surface area contributed by atoms with Crippen LogP contribution in [-0.4, -0.2) is 27.1 Å². The van der Waals surface area contributed by atoms with Crippen molar-refractivity contribution in [3.05, 3.63) is 100 Å². The molecule has 0 aromatic heterocycles. The van der Waals surface area contributed by atoms with E-state index in [0.717, 1.165) is 35.1 Å². The SMILES string of the molecule is Cc1ccccc1[C@H](NC(=O)CN(c1cc(C(F)(F)F)ccc1Cl)S(C)(=O)=O)c1ccccc1. The lowest BCUT2D eigenvalue weighted by Gasteiger charge is -2.26. The molecule has 0 radical (unpaired) electrons. The number of rotatable bonds is 7. The predicted octanol–water partition coefficient (Wildman–Crippen LogP) is 5.34. The fourth-order valence-corrected chi connectivity index (χ4v) is 4.62. The van der Waals surface area contributed by atoms with Crippen LogP contribution in [-0.2, 0) is 21.0 Å². The second-order valence-corrected chi connectivity index (χ2v) is 10.0. The standard InChI is InChI=1S/C24H22ClF3N2O3S/c1-16-8-6-7-11-19(16)23(17-9-4-3-5-10-17)29-22(31)15-30(34(2,32)33)21-14-18(24(26,27)28)12-13-20(21)25/h3-14,23H,15H2,1-2H3,(H,29,31)/t23-/m1/s1. The van der Waals surface area contributed by atoms with Crippen molar-refractivity contribution in [1.82, 2.24) is 5.32 Å². The Kier molecular flexibility index (Phi) is 7.57. The van der Waals surface area contributed by atoms with Crippen molar-refractivity contribution in [3.8, 4) is 0 Å². The minimum Gasteiger partial charge on any atom is -0.344 e. The van der Waals surface area contributed by atoms with Gasteiger partial charge in [-0.15, -0.1) is 0 Å². The van der Waals surface area contributed by atoms with Gasteiger partial charge in [-0.1, -0.05) is 66.2 Å². The molecule has 0 fully saturated rings. The molecule has 34 heavy (non-hydrogen) atoms. The van der Waals surface area contributed by atoms with Crippen LogP contribution in [0.3, 0.4) is 0 Å². The first-order valence-corrected chi connectivity index (χ1v) is 12.3. The van der Waals surface area contributed by atoms with Gasteiger partial charge in [0.15, 0.2) is 0 Å². The van der Waals surface area contributed by atoms with E-state index in [2.05, 4.69) is 5.32 Å². The molecule has 0 aliphatic carbocycles. The van der Waals surface area contributed by atoms with Crippen LogP contribution in [0.25, 0.3) is 0 Å². The molecule has 3 rings (SSSR count). The van der Waals surface area contributed by atoms with E-state index in [1.165, 1.54) is 0 Å². The van der Waals surface area contributed by atoms with Crippen LogP contribution in [0.4, 0.5) is 18.9 Å². The molecule has 5 nitrogen and oxygen atoms in total. The highest BCUT2D eigenvalue weighted by molar-refractivity contribution is 7.92. The van der Waals surface area contributed by atoms with E-state index in [1.807, 2.05) is 49.4 Å². The van der Waals surface area contributed by atoms with Crippen LogP contribution in [0.5, 0.6) is 0 Å². The second kappa shape index (κ2) is 10.1. The van der Waals surface area contributed by atoms with Gasteiger partial charge in [0, 0.05) is 0 Å². The quantitative estimate of drug-likeness (QED) is 0.466. The smallest absolute Gasteiger partial charge is 0.344 e. The van der Waals surface area contributed by atoms with Gasteiger partial charge in [-0.05, 0) is 41.8 Å². The van der Waals surface area contributed by atoms with Crippen molar-refractivity contribution < 1.29 is 26.4 Å². The number of halogens is 4. The van der Waals surface area contributed by atoms with Crippen molar-refractivity contribution >= 4 is 33.2 Å². The van der Waals surface area contributed by atoms with Crippen LogP contribution in [0, 0.1) is 6.92 Å². The lowest BCUT2D eigenvalue weighted by Crippen LogP contribution is -2.42. The van der Waals surface area contributed by atoms with Gasteiger partial charge >= 0.3 is 6.18 Å². The minimum atomic E-state index is -4.71. The second-order valence-electron chi connectivity index (χ2n) is 7.70. The lowest BCUT2D eigenvalue weighted by atomic mass is 9.95. The molecule has 0 heterocycles. The number of carbonyl (C=O) groups is 1. The van der Waals surface area contributed by atoms with E-state index in [4.69, 9.17) is 11.6 Å².